The minimum absolute atomic E-state index is 0.0465. The van der Waals surface area contributed by atoms with Crippen molar-refractivity contribution < 1.29 is 9.53 Å². The maximum absolute atomic E-state index is 12.1. The number of morpholine rings is 1. The lowest BCUT2D eigenvalue weighted by Gasteiger charge is -2.32. The van der Waals surface area contributed by atoms with Crippen molar-refractivity contribution in [2.24, 2.45) is 5.73 Å². The Balaban J connectivity index is 1.90. The van der Waals surface area contributed by atoms with E-state index in [1.54, 1.807) is 6.20 Å². The van der Waals surface area contributed by atoms with Gasteiger partial charge in [-0.05, 0) is 6.42 Å². The fraction of sp³-hybridized carbons (Fsp3) is 0.727. The molecule has 1 aliphatic rings. The molecule has 0 saturated carbocycles. The van der Waals surface area contributed by atoms with Crippen LogP contribution >= 0.6 is 0 Å². The molecule has 1 saturated heterocycles. The van der Waals surface area contributed by atoms with Crippen molar-refractivity contribution in [2.75, 3.05) is 19.7 Å². The zero-order chi connectivity index (χ0) is 13.0. The van der Waals surface area contributed by atoms with E-state index in [0.29, 0.717) is 31.9 Å². The van der Waals surface area contributed by atoms with Gasteiger partial charge < -0.3 is 15.4 Å². The van der Waals surface area contributed by atoms with Crippen molar-refractivity contribution in [1.29, 1.82) is 0 Å². The smallest absolute Gasteiger partial charge is 0.244 e. The van der Waals surface area contributed by atoms with Crippen molar-refractivity contribution in [3.63, 3.8) is 0 Å². The predicted molar refractivity (Wildman–Crippen MR) is 64.5 cm³/mol. The summed E-state index contributed by atoms with van der Waals surface area (Å²) >= 11 is 0. The summed E-state index contributed by atoms with van der Waals surface area (Å²) in [7, 11) is 0. The van der Waals surface area contributed by atoms with E-state index in [-0.39, 0.29) is 18.6 Å². The lowest BCUT2D eigenvalue weighted by Crippen LogP contribution is -2.46. The van der Waals surface area contributed by atoms with Gasteiger partial charge in [-0.1, -0.05) is 12.1 Å². The third-order valence-electron chi connectivity index (χ3n) is 3.04. The molecule has 0 aromatic carbocycles. The normalized spacial score (nSPS) is 20.1. The molecule has 18 heavy (non-hydrogen) atoms. The van der Waals surface area contributed by atoms with Crippen LogP contribution in [-0.4, -0.2) is 51.6 Å². The molecule has 1 aliphatic heterocycles. The van der Waals surface area contributed by atoms with Crippen molar-refractivity contribution >= 4 is 5.91 Å². The predicted octanol–water partition coefficient (Wildman–Crippen LogP) is -0.626. The molecule has 1 atom stereocenters. The van der Waals surface area contributed by atoms with E-state index in [0.717, 1.165) is 6.42 Å². The van der Waals surface area contributed by atoms with Gasteiger partial charge in [0.25, 0.3) is 0 Å². The van der Waals surface area contributed by atoms with Crippen LogP contribution < -0.4 is 5.73 Å². The fourth-order valence-electron chi connectivity index (χ4n) is 1.94. The Morgan fingerprint density at radius 1 is 1.67 bits per heavy atom. The monoisotopic (exact) mass is 253 g/mol. The molecule has 7 heteroatoms. The van der Waals surface area contributed by atoms with Crippen LogP contribution in [0.15, 0.2) is 6.20 Å². The highest BCUT2D eigenvalue weighted by molar-refractivity contribution is 5.76. The second-order valence-corrected chi connectivity index (χ2v) is 4.35. The van der Waals surface area contributed by atoms with Crippen molar-refractivity contribution in [3.05, 3.63) is 11.9 Å². The number of nitrogens with two attached hydrogens (primary N) is 1. The number of rotatable bonds is 4. The van der Waals surface area contributed by atoms with Gasteiger partial charge in [-0.3, -0.25) is 4.79 Å². The topological polar surface area (TPSA) is 86.3 Å². The maximum atomic E-state index is 12.1. The molecule has 7 nitrogen and oxygen atoms in total. The molecule has 2 heterocycles. The summed E-state index contributed by atoms with van der Waals surface area (Å²) in [6, 6.07) is 0. The summed E-state index contributed by atoms with van der Waals surface area (Å²) in [4.78, 5) is 13.9. The fourth-order valence-corrected chi connectivity index (χ4v) is 1.94. The first-order valence-electron chi connectivity index (χ1n) is 6.21. The number of carbonyl (C=O) groups excluding carboxylic acids is 1. The van der Waals surface area contributed by atoms with Gasteiger partial charge in [-0.15, -0.1) is 5.10 Å². The van der Waals surface area contributed by atoms with Gasteiger partial charge in [-0.2, -0.15) is 0 Å². The van der Waals surface area contributed by atoms with Crippen LogP contribution in [0.5, 0.6) is 0 Å². The molecular formula is C11H19N5O2. The summed E-state index contributed by atoms with van der Waals surface area (Å²) in [6.45, 7) is 4.52. The van der Waals surface area contributed by atoms with Crippen molar-refractivity contribution in [1.82, 2.24) is 19.9 Å². The average molecular weight is 253 g/mol. The summed E-state index contributed by atoms with van der Waals surface area (Å²) in [5.41, 5.74) is 6.14. The van der Waals surface area contributed by atoms with E-state index < -0.39 is 0 Å². The van der Waals surface area contributed by atoms with Gasteiger partial charge in [0, 0.05) is 19.6 Å². The molecule has 1 unspecified atom stereocenters. The number of nitrogens with zero attached hydrogens (tertiary/aromatic N) is 4. The quantitative estimate of drug-likeness (QED) is 0.772. The lowest BCUT2D eigenvalue weighted by molar-refractivity contribution is -0.139. The Bertz CT molecular complexity index is 406. The molecular weight excluding hydrogens is 234 g/mol. The number of carbonyl (C=O) groups is 1. The molecule has 0 bridgehead atoms. The highest BCUT2D eigenvalue weighted by atomic mass is 16.5. The molecule has 1 amide bonds. The highest BCUT2D eigenvalue weighted by Crippen LogP contribution is 2.08. The minimum atomic E-state index is 0.0465. The Morgan fingerprint density at radius 2 is 2.50 bits per heavy atom. The Hall–Kier alpha value is -1.47. The standard InChI is InChI=1S/C11H19N5O2/c1-2-10-7-15(3-4-18-10)11(17)8-16-6-9(5-12)13-14-16/h6,10H,2-5,7-8,12H2,1H3. The molecule has 1 fully saturated rings. The van der Waals surface area contributed by atoms with Crippen LogP contribution in [-0.2, 0) is 22.6 Å². The van der Waals surface area contributed by atoms with E-state index >= 15 is 0 Å². The van der Waals surface area contributed by atoms with E-state index in [4.69, 9.17) is 10.5 Å². The van der Waals surface area contributed by atoms with Crippen LogP contribution in [0.2, 0.25) is 0 Å². The second kappa shape index (κ2) is 5.92. The second-order valence-electron chi connectivity index (χ2n) is 4.35. The molecule has 2 N–H and O–H groups in total. The largest absolute Gasteiger partial charge is 0.375 e. The minimum Gasteiger partial charge on any atom is -0.375 e. The Morgan fingerprint density at radius 3 is 3.17 bits per heavy atom. The number of ether oxygens (including phenoxy) is 1. The summed E-state index contributed by atoms with van der Waals surface area (Å²) < 4.78 is 7.06. The first-order valence-corrected chi connectivity index (χ1v) is 6.21. The lowest BCUT2D eigenvalue weighted by atomic mass is 10.2. The van der Waals surface area contributed by atoms with Crippen LogP contribution in [0.1, 0.15) is 19.0 Å². The number of aromatic nitrogens is 3. The third-order valence-corrected chi connectivity index (χ3v) is 3.04. The number of hydrogen-bond donors (Lipinski definition) is 1. The molecule has 2 rings (SSSR count). The SMILES string of the molecule is CCC1CN(C(=O)Cn2cc(CN)nn2)CCO1. The molecule has 1 aromatic rings. The van der Waals surface area contributed by atoms with Gasteiger partial charge in [0.05, 0.1) is 24.6 Å². The molecule has 0 radical (unpaired) electrons. The van der Waals surface area contributed by atoms with Gasteiger partial charge in [-0.25, -0.2) is 4.68 Å². The molecule has 0 spiro atoms. The first-order chi connectivity index (χ1) is 8.72. The van der Waals surface area contributed by atoms with Gasteiger partial charge in [0.2, 0.25) is 5.91 Å². The van der Waals surface area contributed by atoms with Crippen molar-refractivity contribution in [2.45, 2.75) is 32.5 Å². The van der Waals surface area contributed by atoms with E-state index in [9.17, 15) is 4.79 Å². The first kappa shape index (κ1) is 13.0. The van der Waals surface area contributed by atoms with Crippen LogP contribution in [0.25, 0.3) is 0 Å². The third kappa shape index (κ3) is 3.05. The average Bonchev–Trinajstić information content (AvgIpc) is 2.86. The van der Waals surface area contributed by atoms with E-state index in [2.05, 4.69) is 17.2 Å². The molecule has 100 valence electrons. The number of hydrogen-bond acceptors (Lipinski definition) is 5. The molecule has 0 aliphatic carbocycles. The Labute approximate surface area is 106 Å². The van der Waals surface area contributed by atoms with Crippen LogP contribution in [0.3, 0.4) is 0 Å². The summed E-state index contributed by atoms with van der Waals surface area (Å²) in [5, 5.41) is 7.73. The van der Waals surface area contributed by atoms with Gasteiger partial charge >= 0.3 is 0 Å². The zero-order valence-corrected chi connectivity index (χ0v) is 10.6. The van der Waals surface area contributed by atoms with E-state index in [1.165, 1.54) is 4.68 Å². The van der Waals surface area contributed by atoms with Gasteiger partial charge in [0.15, 0.2) is 0 Å². The number of amides is 1. The highest BCUT2D eigenvalue weighted by Gasteiger charge is 2.23. The van der Waals surface area contributed by atoms with Crippen LogP contribution in [0.4, 0.5) is 0 Å². The van der Waals surface area contributed by atoms with Crippen molar-refractivity contribution in [3.8, 4) is 0 Å². The maximum Gasteiger partial charge on any atom is 0.244 e. The van der Waals surface area contributed by atoms with Gasteiger partial charge in [0.1, 0.15) is 6.54 Å². The summed E-state index contributed by atoms with van der Waals surface area (Å²) in [5.74, 6) is 0.0465. The van der Waals surface area contributed by atoms with Crippen LogP contribution in [0, 0.1) is 0 Å². The Kier molecular flexibility index (Phi) is 4.27. The zero-order valence-electron chi connectivity index (χ0n) is 10.6. The molecule has 1 aromatic heterocycles. The summed E-state index contributed by atoms with van der Waals surface area (Å²) in [6.07, 6.45) is 2.78. The van der Waals surface area contributed by atoms with E-state index in [1.807, 2.05) is 4.90 Å².